The van der Waals surface area contributed by atoms with Gasteiger partial charge in [0, 0.05) is 36.0 Å². The van der Waals surface area contributed by atoms with E-state index in [0.29, 0.717) is 0 Å². The van der Waals surface area contributed by atoms with Crippen LogP contribution < -0.4 is 5.32 Å². The van der Waals surface area contributed by atoms with Crippen LogP contribution in [-0.4, -0.2) is 31.2 Å². The molecule has 0 aliphatic heterocycles. The van der Waals surface area contributed by atoms with E-state index in [1.54, 1.807) is 18.6 Å². The summed E-state index contributed by atoms with van der Waals surface area (Å²) >= 11 is 1.41. The van der Waals surface area contributed by atoms with E-state index in [0.717, 1.165) is 33.5 Å². The molecular formula is C21H19N5OS. The summed E-state index contributed by atoms with van der Waals surface area (Å²) < 4.78 is 2.00. The van der Waals surface area contributed by atoms with Gasteiger partial charge in [0.2, 0.25) is 5.91 Å². The molecule has 2 aromatic carbocycles. The summed E-state index contributed by atoms with van der Waals surface area (Å²) in [5.41, 5.74) is 3.88. The van der Waals surface area contributed by atoms with Gasteiger partial charge in [-0.3, -0.25) is 9.36 Å². The number of aromatic nitrogens is 4. The van der Waals surface area contributed by atoms with Crippen LogP contribution in [0.15, 0.2) is 78.5 Å². The van der Waals surface area contributed by atoms with E-state index in [4.69, 9.17) is 0 Å². The first-order valence-electron chi connectivity index (χ1n) is 8.82. The fourth-order valence-electron chi connectivity index (χ4n) is 2.91. The maximum absolute atomic E-state index is 12.4. The first kappa shape index (κ1) is 18.1. The minimum atomic E-state index is -0.0825. The molecule has 0 unspecified atom stereocenters. The normalized spacial score (nSPS) is 10.8. The van der Waals surface area contributed by atoms with Crippen LogP contribution >= 0.6 is 11.8 Å². The highest BCUT2D eigenvalue weighted by molar-refractivity contribution is 7.99. The van der Waals surface area contributed by atoms with Crippen LogP contribution in [0.4, 0.5) is 5.69 Å². The molecule has 2 N–H and O–H groups in total. The van der Waals surface area contributed by atoms with Gasteiger partial charge in [0.05, 0.1) is 11.4 Å². The summed E-state index contributed by atoms with van der Waals surface area (Å²) in [6.07, 6.45) is 7.14. The van der Waals surface area contributed by atoms with Gasteiger partial charge in [-0.2, -0.15) is 0 Å². The Morgan fingerprint density at radius 2 is 2.04 bits per heavy atom. The molecule has 0 radical (unpaired) electrons. The standard InChI is InChI=1S/C21H19N5OS/c1-15-5-2-3-8-18(15)26-12-11-24-21(26)28-14-19(27)25-17-7-4-6-16(13-17)20-22-9-10-23-20/h2-13H,14H2,1H3,(H,22,23)(H,25,27). The Kier molecular flexibility index (Phi) is 5.25. The lowest BCUT2D eigenvalue weighted by atomic mass is 10.2. The molecule has 28 heavy (non-hydrogen) atoms. The summed E-state index contributed by atoms with van der Waals surface area (Å²) in [7, 11) is 0. The Hall–Kier alpha value is -3.32. The third-order valence-electron chi connectivity index (χ3n) is 4.23. The molecule has 0 aliphatic rings. The first-order valence-corrected chi connectivity index (χ1v) is 9.81. The number of aryl methyl sites for hydroxylation is 1. The van der Waals surface area contributed by atoms with Crippen LogP contribution in [0.2, 0.25) is 0 Å². The number of anilines is 1. The summed E-state index contributed by atoms with van der Waals surface area (Å²) in [5.74, 6) is 0.958. The Bertz CT molecular complexity index is 1090. The van der Waals surface area contributed by atoms with E-state index in [9.17, 15) is 4.79 Å². The van der Waals surface area contributed by atoms with Crippen molar-refractivity contribution in [1.82, 2.24) is 19.5 Å². The van der Waals surface area contributed by atoms with Gasteiger partial charge in [-0.25, -0.2) is 9.97 Å². The number of rotatable bonds is 6. The number of hydrogen-bond acceptors (Lipinski definition) is 4. The molecule has 4 aromatic rings. The van der Waals surface area contributed by atoms with Gasteiger partial charge >= 0.3 is 0 Å². The monoisotopic (exact) mass is 389 g/mol. The third kappa shape index (κ3) is 3.99. The quantitative estimate of drug-likeness (QED) is 0.482. The average Bonchev–Trinajstić information content (AvgIpc) is 3.39. The third-order valence-corrected chi connectivity index (χ3v) is 5.20. The first-order chi connectivity index (χ1) is 13.7. The van der Waals surface area contributed by atoms with E-state index < -0.39 is 0 Å². The van der Waals surface area contributed by atoms with Gasteiger partial charge in [0.15, 0.2) is 5.16 Å². The SMILES string of the molecule is Cc1ccccc1-n1ccnc1SCC(=O)Nc1cccc(-c2ncc[nH]2)c1. The molecule has 6 nitrogen and oxygen atoms in total. The summed E-state index contributed by atoms with van der Waals surface area (Å²) in [6, 6.07) is 15.7. The molecule has 2 heterocycles. The number of aromatic amines is 1. The van der Waals surface area contributed by atoms with Crippen molar-refractivity contribution < 1.29 is 4.79 Å². The number of imidazole rings is 2. The highest BCUT2D eigenvalue weighted by Gasteiger charge is 2.11. The molecular weight excluding hydrogens is 370 g/mol. The molecule has 0 bridgehead atoms. The van der Waals surface area contributed by atoms with Crippen molar-refractivity contribution in [2.45, 2.75) is 12.1 Å². The minimum Gasteiger partial charge on any atom is -0.345 e. The van der Waals surface area contributed by atoms with Gasteiger partial charge in [-0.1, -0.05) is 42.1 Å². The Morgan fingerprint density at radius 1 is 1.14 bits per heavy atom. The molecule has 0 fully saturated rings. The number of para-hydroxylation sites is 1. The van der Waals surface area contributed by atoms with Crippen molar-refractivity contribution in [3.8, 4) is 17.1 Å². The van der Waals surface area contributed by atoms with Crippen LogP contribution in [0, 0.1) is 6.92 Å². The highest BCUT2D eigenvalue weighted by atomic mass is 32.2. The van der Waals surface area contributed by atoms with E-state index in [2.05, 4.69) is 33.3 Å². The molecule has 4 rings (SSSR count). The molecule has 7 heteroatoms. The van der Waals surface area contributed by atoms with Crippen molar-refractivity contribution in [3.63, 3.8) is 0 Å². The maximum atomic E-state index is 12.4. The van der Waals surface area contributed by atoms with Crippen molar-refractivity contribution >= 4 is 23.4 Å². The Morgan fingerprint density at radius 3 is 2.86 bits per heavy atom. The minimum absolute atomic E-state index is 0.0825. The van der Waals surface area contributed by atoms with Crippen molar-refractivity contribution in [1.29, 1.82) is 0 Å². The maximum Gasteiger partial charge on any atom is 0.234 e. The lowest BCUT2D eigenvalue weighted by molar-refractivity contribution is -0.113. The second-order valence-corrected chi connectivity index (χ2v) is 7.16. The predicted molar refractivity (Wildman–Crippen MR) is 112 cm³/mol. The van der Waals surface area contributed by atoms with Crippen LogP contribution in [0.25, 0.3) is 17.1 Å². The molecule has 0 atom stereocenters. The number of carbonyl (C=O) groups excluding carboxylic acids is 1. The van der Waals surface area contributed by atoms with Crippen molar-refractivity contribution in [2.24, 2.45) is 0 Å². The average molecular weight is 389 g/mol. The van der Waals surface area contributed by atoms with Crippen LogP contribution in [0.1, 0.15) is 5.56 Å². The van der Waals surface area contributed by atoms with Gasteiger partial charge in [-0.05, 0) is 30.7 Å². The van der Waals surface area contributed by atoms with Crippen molar-refractivity contribution in [3.05, 3.63) is 78.9 Å². The molecule has 0 saturated carbocycles. The predicted octanol–water partition coefficient (Wildman–Crippen LogP) is 4.30. The number of benzene rings is 2. The Labute approximate surface area is 167 Å². The van der Waals surface area contributed by atoms with Gasteiger partial charge < -0.3 is 10.3 Å². The van der Waals surface area contributed by atoms with E-state index in [-0.39, 0.29) is 11.7 Å². The van der Waals surface area contributed by atoms with Gasteiger partial charge in [0.1, 0.15) is 5.82 Å². The van der Waals surface area contributed by atoms with E-state index in [1.807, 2.05) is 53.2 Å². The molecule has 0 spiro atoms. The molecule has 0 saturated heterocycles. The smallest absolute Gasteiger partial charge is 0.234 e. The summed E-state index contributed by atoms with van der Waals surface area (Å²) in [6.45, 7) is 2.06. The fourth-order valence-corrected chi connectivity index (χ4v) is 3.67. The van der Waals surface area contributed by atoms with E-state index >= 15 is 0 Å². The van der Waals surface area contributed by atoms with E-state index in [1.165, 1.54) is 11.8 Å². The number of hydrogen-bond donors (Lipinski definition) is 2. The van der Waals surface area contributed by atoms with Crippen LogP contribution in [0.5, 0.6) is 0 Å². The number of carbonyl (C=O) groups is 1. The summed E-state index contributed by atoms with van der Waals surface area (Å²) in [4.78, 5) is 24.1. The number of nitrogens with one attached hydrogen (secondary N) is 2. The molecule has 0 aliphatic carbocycles. The number of thioether (sulfide) groups is 1. The van der Waals surface area contributed by atoms with Gasteiger partial charge in [0.25, 0.3) is 0 Å². The van der Waals surface area contributed by atoms with Gasteiger partial charge in [-0.15, -0.1) is 0 Å². The number of nitrogens with zero attached hydrogens (tertiary/aromatic N) is 3. The topological polar surface area (TPSA) is 75.6 Å². The molecule has 2 aromatic heterocycles. The molecule has 1 amide bonds. The zero-order valence-electron chi connectivity index (χ0n) is 15.3. The van der Waals surface area contributed by atoms with Crippen LogP contribution in [0.3, 0.4) is 0 Å². The zero-order valence-corrected chi connectivity index (χ0v) is 16.1. The fraction of sp³-hybridized carbons (Fsp3) is 0.0952. The Balaban J connectivity index is 1.42. The second kappa shape index (κ2) is 8.14. The zero-order chi connectivity index (χ0) is 19.3. The lowest BCUT2D eigenvalue weighted by Crippen LogP contribution is -2.14. The van der Waals surface area contributed by atoms with Crippen molar-refractivity contribution in [2.75, 3.05) is 11.1 Å². The largest absolute Gasteiger partial charge is 0.345 e. The van der Waals surface area contributed by atoms with Crippen LogP contribution in [-0.2, 0) is 4.79 Å². The highest BCUT2D eigenvalue weighted by Crippen LogP contribution is 2.23. The number of H-pyrrole nitrogens is 1. The summed E-state index contributed by atoms with van der Waals surface area (Å²) in [5, 5.41) is 3.72. The molecule has 140 valence electrons. The lowest BCUT2D eigenvalue weighted by Gasteiger charge is -2.10. The number of amides is 1. The second-order valence-electron chi connectivity index (χ2n) is 6.22.